The Bertz CT molecular complexity index is 1840. The van der Waals surface area contributed by atoms with Gasteiger partial charge in [0.25, 0.3) is 0 Å². The first-order valence-corrected chi connectivity index (χ1v) is 21.9. The topological polar surface area (TPSA) is 21.7 Å². The first-order chi connectivity index (χ1) is 17.4. The van der Waals surface area contributed by atoms with Crippen molar-refractivity contribution in [3.8, 4) is 11.5 Å². The van der Waals surface area contributed by atoms with Gasteiger partial charge in [-0.05, 0) is 0 Å². The van der Waals surface area contributed by atoms with E-state index in [9.17, 15) is 0 Å². The standard InChI is InChI=1S/C27H35NO2P.C5H5.Fe/c1-17-13-22(14-18(2)26(17)29-8)31(23-15-19(3)27(30-9)20(4)16-23)25-12-10-11-24(25)21(5)28(6)7;1-2-4-5-3-1;/h10-16,21H,1-9H3;1-5H;/t21-;;/m0../s1. The summed E-state index contributed by atoms with van der Waals surface area (Å²) in [6, 6.07) is 11.1. The van der Waals surface area contributed by atoms with Gasteiger partial charge in [-0.15, -0.1) is 0 Å². The molecular formula is C32H40FeNO2P. The normalized spacial score (nSPS) is 64.2. The second-order valence-corrected chi connectivity index (χ2v) is 43.0. The Labute approximate surface area is 212 Å². The van der Waals surface area contributed by atoms with Crippen LogP contribution in [0.4, 0.5) is 0 Å². The molecule has 0 N–H and O–H groups in total. The van der Waals surface area contributed by atoms with Gasteiger partial charge >= 0.3 is 213 Å². The molecule has 10 aliphatic rings. The van der Waals surface area contributed by atoms with Crippen LogP contribution in [-0.2, 0) is 6.51 Å². The third-order valence-electron chi connectivity index (χ3n) is 20.4. The van der Waals surface area contributed by atoms with Crippen LogP contribution >= 0.6 is 7.92 Å². The van der Waals surface area contributed by atoms with Crippen molar-refractivity contribution >= 4 is 18.5 Å². The van der Waals surface area contributed by atoms with Crippen LogP contribution in [0, 0.1) is 27.7 Å². The van der Waals surface area contributed by atoms with Crippen LogP contribution in [0.1, 0.15) is 29.2 Å². The third kappa shape index (κ3) is 0.464. The fourth-order valence-electron chi connectivity index (χ4n) is 22.1. The number of benzene rings is 2. The molecule has 10 aliphatic heterocycles. The predicted octanol–water partition coefficient (Wildman–Crippen LogP) is 6.99. The summed E-state index contributed by atoms with van der Waals surface area (Å²) in [5.74, 6) is 2.17. The molecule has 10 heterocycles. The zero-order valence-corrected chi connectivity index (χ0v) is 25.6. The first-order valence-electron chi connectivity index (χ1n) is 14.4. The molecule has 0 saturated carbocycles. The van der Waals surface area contributed by atoms with Gasteiger partial charge in [0.1, 0.15) is 0 Å². The fraction of sp³-hybridized carbons (Fsp3) is 0.625. The SMILES string of the molecule is COc1c(C)cc(P(c2cc(C)c(OC)c(C)c2)[C]23[CH]4[CH]5[CH]6[C@]2([C@H](C)N(C)C)[Fe]54632789[CH]3[CH]2[CH]7[CH]8[CH]39)cc1C. The van der Waals surface area contributed by atoms with Crippen LogP contribution in [0.5, 0.6) is 11.5 Å². The number of fused-ring (bicyclic) bond motifs is 10. The van der Waals surface area contributed by atoms with E-state index in [1.165, 1.54) is 60.8 Å². The van der Waals surface area contributed by atoms with Gasteiger partial charge in [-0.1, -0.05) is 0 Å². The van der Waals surface area contributed by atoms with Gasteiger partial charge in [0.15, 0.2) is 0 Å². The number of methoxy groups -OCH3 is 2. The Hall–Kier alpha value is -1.05. The molecule has 198 valence electrons. The summed E-state index contributed by atoms with van der Waals surface area (Å²) in [6.07, 6.45) is 0. The molecule has 37 heavy (non-hydrogen) atoms. The number of ether oxygens (including phenoxy) is 2. The molecule has 0 amide bonds. The quantitative estimate of drug-likeness (QED) is 0.271. The minimum atomic E-state index is -3.72. The van der Waals surface area contributed by atoms with Crippen molar-refractivity contribution in [3.05, 3.63) is 46.5 Å². The average molecular weight is 557 g/mol. The first kappa shape index (κ1) is 19.9. The van der Waals surface area contributed by atoms with Crippen LogP contribution in [0.3, 0.4) is 0 Å². The van der Waals surface area contributed by atoms with Crippen molar-refractivity contribution < 1.29 is 16.0 Å². The van der Waals surface area contributed by atoms with Gasteiger partial charge in [-0.25, -0.2) is 0 Å². The number of nitrogens with zero attached hydrogens (tertiary/aromatic N) is 1. The maximum absolute atomic E-state index is 5.88. The van der Waals surface area contributed by atoms with Crippen LogP contribution in [-0.4, -0.2) is 43.3 Å². The Morgan fingerprint density at radius 2 is 1.14 bits per heavy atom. The summed E-state index contributed by atoms with van der Waals surface area (Å²) in [5, 5.41) is 3.35. The van der Waals surface area contributed by atoms with E-state index >= 15 is 0 Å². The maximum atomic E-state index is 5.88. The van der Waals surface area contributed by atoms with E-state index in [1.807, 2.05) is 14.2 Å². The van der Waals surface area contributed by atoms with Crippen LogP contribution in [0.25, 0.3) is 0 Å². The van der Waals surface area contributed by atoms with E-state index in [-0.39, 0.29) is 0 Å². The molecule has 1 spiro atoms. The van der Waals surface area contributed by atoms with Crippen LogP contribution in [0.15, 0.2) is 24.3 Å². The van der Waals surface area contributed by atoms with Crippen molar-refractivity contribution in [3.63, 3.8) is 0 Å². The van der Waals surface area contributed by atoms with Gasteiger partial charge in [0, 0.05) is 0 Å². The average Bonchev–Trinajstić information content (AvgIpc) is 3.78. The summed E-state index contributed by atoms with van der Waals surface area (Å²) < 4.78 is 13.2. The van der Waals surface area contributed by atoms with Crippen molar-refractivity contribution in [2.24, 2.45) is 0 Å². The molecule has 3 nitrogen and oxygen atoms in total. The van der Waals surface area contributed by atoms with Crippen molar-refractivity contribution in [1.29, 1.82) is 0 Å². The third-order valence-corrected chi connectivity index (χ3v) is 70.5. The van der Waals surface area contributed by atoms with E-state index in [2.05, 4.69) is 77.9 Å². The molecule has 2 aromatic rings. The van der Waals surface area contributed by atoms with E-state index in [0.717, 1.165) is 21.9 Å². The summed E-state index contributed by atoms with van der Waals surface area (Å²) >= 11 is 0. The number of rotatable bonds is 7. The molecule has 6 atom stereocenters. The van der Waals surface area contributed by atoms with Gasteiger partial charge in [-0.3, -0.25) is 0 Å². The number of aryl methyl sites for hydroxylation is 4. The number of hydrogen-bond donors (Lipinski definition) is 0. The van der Waals surface area contributed by atoms with Gasteiger partial charge < -0.3 is 0 Å². The minimum absolute atomic E-state index is 0.411. The molecule has 0 aliphatic carbocycles. The van der Waals surface area contributed by atoms with E-state index in [1.54, 1.807) is 10.6 Å². The number of hydrogen-bond acceptors (Lipinski definition) is 3. The van der Waals surface area contributed by atoms with Crippen LogP contribution < -0.4 is 20.1 Å². The second kappa shape index (κ2) is 2.85. The molecule has 2 aromatic carbocycles. The Morgan fingerprint density at radius 1 is 0.730 bits per heavy atom. The zero-order chi connectivity index (χ0) is 25.5. The molecule has 10 saturated heterocycles. The Kier molecular flexibility index (Phi) is 1.53. The zero-order valence-electron chi connectivity index (χ0n) is 23.6. The van der Waals surface area contributed by atoms with Crippen LogP contribution in [0.2, 0.25) is 42.8 Å². The molecule has 10 fully saturated rings. The van der Waals surface area contributed by atoms with Gasteiger partial charge in [-0.2, -0.15) is 0 Å². The van der Waals surface area contributed by atoms with Gasteiger partial charge in [0.05, 0.1) is 0 Å². The molecule has 4 unspecified atom stereocenters. The molecule has 0 aromatic heterocycles. The molecular weight excluding hydrogens is 517 g/mol. The predicted molar refractivity (Wildman–Crippen MR) is 150 cm³/mol. The summed E-state index contributed by atoms with van der Waals surface area (Å²) in [7, 11) is 8.09. The molecule has 0 radical (unpaired) electrons. The van der Waals surface area contributed by atoms with E-state index in [4.69, 9.17) is 9.47 Å². The summed E-state index contributed by atoms with van der Waals surface area (Å²) in [6.45, 7) is 8.09. The molecule has 12 rings (SSSR count). The second-order valence-electron chi connectivity index (χ2n) is 17.0. The van der Waals surface area contributed by atoms with Crippen molar-refractivity contribution in [2.75, 3.05) is 28.3 Å². The monoisotopic (exact) mass is 557 g/mol. The molecule has 0 bridgehead atoms. The Morgan fingerprint density at radius 3 is 1.43 bits per heavy atom. The fourth-order valence-corrected chi connectivity index (χ4v) is 114. The van der Waals surface area contributed by atoms with E-state index in [0.29, 0.717) is 4.05 Å². The van der Waals surface area contributed by atoms with E-state index < -0.39 is 14.4 Å². The summed E-state index contributed by atoms with van der Waals surface area (Å²) in [5.41, 5.74) is 5.31. The Balaban J connectivity index is 1.21. The van der Waals surface area contributed by atoms with Crippen molar-refractivity contribution in [2.45, 2.75) is 87.6 Å². The summed E-state index contributed by atoms with van der Waals surface area (Å²) in [4.78, 5) is 12.9. The van der Waals surface area contributed by atoms with Crippen molar-refractivity contribution in [1.82, 2.24) is 4.90 Å². The molecule has 5 heteroatoms. The van der Waals surface area contributed by atoms with Gasteiger partial charge in [0.2, 0.25) is 0 Å².